The molecule has 11 heavy (non-hydrogen) atoms. The molecule has 1 heterocycles. The zero-order valence-electron chi connectivity index (χ0n) is 6.25. The van der Waals surface area contributed by atoms with Crippen LogP contribution in [0.1, 0.15) is 0 Å². The van der Waals surface area contributed by atoms with E-state index in [1.54, 1.807) is 17.5 Å². The highest BCUT2D eigenvalue weighted by Gasteiger charge is 2.03. The molecule has 0 fully saturated rings. The van der Waals surface area contributed by atoms with Crippen molar-refractivity contribution in [2.75, 3.05) is 25.0 Å². The van der Waals surface area contributed by atoms with Crippen molar-refractivity contribution in [2.24, 2.45) is 5.73 Å². The van der Waals surface area contributed by atoms with Gasteiger partial charge in [-0.15, -0.1) is 0 Å². The average Bonchev–Trinajstić information content (AvgIpc) is 2.36. The molecule has 0 saturated heterocycles. The lowest BCUT2D eigenvalue weighted by molar-refractivity contribution is 0.880. The number of anilines is 1. The smallest absolute Gasteiger partial charge is 0.186 e. The standard InChI is InChI=1S/C6H10BrN3S/c1-10(3-2-8)6-9-4-5(7)11-6/h4H,2-3,8H2,1H3. The van der Waals surface area contributed by atoms with Crippen LogP contribution in [0.3, 0.4) is 0 Å². The maximum absolute atomic E-state index is 5.40. The van der Waals surface area contributed by atoms with Crippen LogP contribution in [0.5, 0.6) is 0 Å². The number of hydrogen-bond donors (Lipinski definition) is 1. The zero-order valence-corrected chi connectivity index (χ0v) is 8.65. The zero-order chi connectivity index (χ0) is 8.27. The number of aromatic nitrogens is 1. The fourth-order valence-corrected chi connectivity index (χ4v) is 1.88. The van der Waals surface area contributed by atoms with E-state index in [9.17, 15) is 0 Å². The van der Waals surface area contributed by atoms with Crippen LogP contribution in [0.15, 0.2) is 9.98 Å². The van der Waals surface area contributed by atoms with Gasteiger partial charge in [-0.1, -0.05) is 11.3 Å². The largest absolute Gasteiger partial charge is 0.350 e. The van der Waals surface area contributed by atoms with Gasteiger partial charge < -0.3 is 10.6 Å². The van der Waals surface area contributed by atoms with Gasteiger partial charge in [-0.2, -0.15) is 0 Å². The Hall–Kier alpha value is -0.130. The Bertz CT molecular complexity index is 225. The second kappa shape index (κ2) is 4.04. The Kier molecular flexibility index (Phi) is 3.29. The minimum Gasteiger partial charge on any atom is -0.350 e. The number of halogens is 1. The van der Waals surface area contributed by atoms with Gasteiger partial charge in [0.2, 0.25) is 0 Å². The highest BCUT2D eigenvalue weighted by Crippen LogP contribution is 2.25. The van der Waals surface area contributed by atoms with Gasteiger partial charge in [-0.3, -0.25) is 0 Å². The third-order valence-corrected chi connectivity index (χ3v) is 2.85. The van der Waals surface area contributed by atoms with Gasteiger partial charge in [0.25, 0.3) is 0 Å². The molecular weight excluding hydrogens is 226 g/mol. The van der Waals surface area contributed by atoms with E-state index in [1.165, 1.54) is 0 Å². The first-order valence-electron chi connectivity index (χ1n) is 3.26. The van der Waals surface area contributed by atoms with Crippen molar-refractivity contribution < 1.29 is 0 Å². The van der Waals surface area contributed by atoms with Crippen molar-refractivity contribution in [1.29, 1.82) is 0 Å². The third kappa shape index (κ3) is 2.43. The first kappa shape index (κ1) is 8.96. The Labute approximate surface area is 78.4 Å². The van der Waals surface area contributed by atoms with Crippen LogP contribution in [0.25, 0.3) is 0 Å². The molecular formula is C6H10BrN3S. The summed E-state index contributed by atoms with van der Waals surface area (Å²) < 4.78 is 1.05. The molecule has 0 saturated carbocycles. The number of likely N-dealkylation sites (N-methyl/N-ethyl adjacent to an activating group) is 1. The summed E-state index contributed by atoms with van der Waals surface area (Å²) in [6, 6.07) is 0. The topological polar surface area (TPSA) is 42.1 Å². The van der Waals surface area contributed by atoms with Crippen LogP contribution in [-0.2, 0) is 0 Å². The number of rotatable bonds is 3. The minimum atomic E-state index is 0.660. The molecule has 1 aromatic heterocycles. The van der Waals surface area contributed by atoms with Crippen molar-refractivity contribution in [2.45, 2.75) is 0 Å². The lowest BCUT2D eigenvalue weighted by Crippen LogP contribution is -2.24. The summed E-state index contributed by atoms with van der Waals surface area (Å²) >= 11 is 4.96. The lowest BCUT2D eigenvalue weighted by Gasteiger charge is -2.12. The molecule has 1 rings (SSSR count). The summed E-state index contributed by atoms with van der Waals surface area (Å²) in [7, 11) is 1.98. The van der Waals surface area contributed by atoms with Crippen molar-refractivity contribution in [3.63, 3.8) is 0 Å². The van der Waals surface area contributed by atoms with E-state index in [1.807, 2.05) is 11.9 Å². The summed E-state index contributed by atoms with van der Waals surface area (Å²) in [5, 5.41) is 1.00. The van der Waals surface area contributed by atoms with Crippen LogP contribution in [0, 0.1) is 0 Å². The Morgan fingerprint density at radius 1 is 1.82 bits per heavy atom. The molecule has 3 nitrogen and oxygen atoms in total. The summed E-state index contributed by atoms with van der Waals surface area (Å²) in [6.45, 7) is 1.51. The molecule has 0 spiro atoms. The molecule has 0 aliphatic rings. The van der Waals surface area contributed by atoms with Gasteiger partial charge in [0.15, 0.2) is 5.13 Å². The van der Waals surface area contributed by atoms with E-state index in [4.69, 9.17) is 5.73 Å². The summed E-state index contributed by atoms with van der Waals surface area (Å²) in [5.74, 6) is 0. The van der Waals surface area contributed by atoms with Crippen molar-refractivity contribution >= 4 is 32.4 Å². The molecule has 0 amide bonds. The van der Waals surface area contributed by atoms with Crippen LogP contribution in [0.2, 0.25) is 0 Å². The molecule has 0 atom stereocenters. The van der Waals surface area contributed by atoms with E-state index in [-0.39, 0.29) is 0 Å². The molecule has 0 aromatic carbocycles. The number of hydrogen-bond acceptors (Lipinski definition) is 4. The predicted octanol–water partition coefficient (Wildman–Crippen LogP) is 1.30. The fourth-order valence-electron chi connectivity index (χ4n) is 0.712. The minimum absolute atomic E-state index is 0.660. The molecule has 0 radical (unpaired) electrons. The van der Waals surface area contributed by atoms with Crippen molar-refractivity contribution in [3.05, 3.63) is 9.98 Å². The highest BCUT2D eigenvalue weighted by molar-refractivity contribution is 9.11. The normalized spacial score (nSPS) is 10.1. The van der Waals surface area contributed by atoms with Gasteiger partial charge in [0.05, 0.1) is 9.98 Å². The summed E-state index contributed by atoms with van der Waals surface area (Å²) in [4.78, 5) is 6.21. The highest BCUT2D eigenvalue weighted by atomic mass is 79.9. The first-order chi connectivity index (χ1) is 5.24. The molecule has 0 bridgehead atoms. The van der Waals surface area contributed by atoms with Gasteiger partial charge >= 0.3 is 0 Å². The van der Waals surface area contributed by atoms with Crippen LogP contribution in [0.4, 0.5) is 5.13 Å². The van der Waals surface area contributed by atoms with Crippen LogP contribution >= 0.6 is 27.3 Å². The average molecular weight is 236 g/mol. The monoisotopic (exact) mass is 235 g/mol. The van der Waals surface area contributed by atoms with Gasteiger partial charge in [-0.25, -0.2) is 4.98 Å². The Balaban J connectivity index is 2.60. The fraction of sp³-hybridized carbons (Fsp3) is 0.500. The molecule has 0 aliphatic heterocycles. The van der Waals surface area contributed by atoms with Gasteiger partial charge in [0, 0.05) is 20.1 Å². The SMILES string of the molecule is CN(CCN)c1ncc(Br)s1. The van der Waals surface area contributed by atoms with Crippen LogP contribution < -0.4 is 10.6 Å². The van der Waals surface area contributed by atoms with Gasteiger partial charge in [-0.05, 0) is 15.9 Å². The maximum atomic E-state index is 5.40. The summed E-state index contributed by atoms with van der Waals surface area (Å²) in [6.07, 6.45) is 1.80. The lowest BCUT2D eigenvalue weighted by atomic mass is 10.6. The van der Waals surface area contributed by atoms with Crippen molar-refractivity contribution in [1.82, 2.24) is 4.98 Å². The third-order valence-electron chi connectivity index (χ3n) is 1.26. The Morgan fingerprint density at radius 2 is 2.55 bits per heavy atom. The number of nitrogens with zero attached hydrogens (tertiary/aromatic N) is 2. The quantitative estimate of drug-likeness (QED) is 0.860. The van der Waals surface area contributed by atoms with E-state index in [2.05, 4.69) is 20.9 Å². The van der Waals surface area contributed by atoms with E-state index >= 15 is 0 Å². The van der Waals surface area contributed by atoms with Gasteiger partial charge in [0.1, 0.15) is 0 Å². The Morgan fingerprint density at radius 3 is 3.00 bits per heavy atom. The van der Waals surface area contributed by atoms with E-state index in [0.29, 0.717) is 6.54 Å². The number of nitrogens with two attached hydrogens (primary N) is 1. The maximum Gasteiger partial charge on any atom is 0.186 e. The predicted molar refractivity (Wildman–Crippen MR) is 52.1 cm³/mol. The van der Waals surface area contributed by atoms with Crippen LogP contribution in [-0.4, -0.2) is 25.1 Å². The molecule has 0 unspecified atom stereocenters. The second-order valence-electron chi connectivity index (χ2n) is 2.16. The second-order valence-corrected chi connectivity index (χ2v) is 4.55. The molecule has 0 aliphatic carbocycles. The van der Waals surface area contributed by atoms with E-state index < -0.39 is 0 Å². The van der Waals surface area contributed by atoms with Crippen molar-refractivity contribution in [3.8, 4) is 0 Å². The number of thiazole rings is 1. The first-order valence-corrected chi connectivity index (χ1v) is 4.87. The molecule has 2 N–H and O–H groups in total. The molecule has 62 valence electrons. The molecule has 1 aromatic rings. The molecule has 5 heteroatoms. The summed E-state index contributed by atoms with van der Waals surface area (Å²) in [5.41, 5.74) is 5.40. The van der Waals surface area contributed by atoms with E-state index in [0.717, 1.165) is 15.5 Å².